The van der Waals surface area contributed by atoms with Gasteiger partial charge in [0.1, 0.15) is 5.52 Å². The average Bonchev–Trinajstić information content (AvgIpc) is 2.77. The van der Waals surface area contributed by atoms with Crippen LogP contribution in [0.1, 0.15) is 37.4 Å². The molecule has 0 radical (unpaired) electrons. The van der Waals surface area contributed by atoms with Gasteiger partial charge < -0.3 is 10.1 Å². The Kier molecular flexibility index (Phi) is 6.90. The third kappa shape index (κ3) is 5.28. The van der Waals surface area contributed by atoms with Crippen molar-refractivity contribution in [3.8, 4) is 0 Å². The number of benzene rings is 2. The van der Waals surface area contributed by atoms with Crippen molar-refractivity contribution in [3.63, 3.8) is 0 Å². The second-order valence-corrected chi connectivity index (χ2v) is 6.93. The van der Waals surface area contributed by atoms with E-state index in [0.29, 0.717) is 10.9 Å². The summed E-state index contributed by atoms with van der Waals surface area (Å²) in [7, 11) is 0. The van der Waals surface area contributed by atoms with Gasteiger partial charge in [0.15, 0.2) is 6.61 Å². The second-order valence-electron chi connectivity index (χ2n) is 6.93. The molecular formula is C22H24N4O4. The maximum absolute atomic E-state index is 12.3. The van der Waals surface area contributed by atoms with Crippen LogP contribution in [0.5, 0.6) is 0 Å². The summed E-state index contributed by atoms with van der Waals surface area (Å²) >= 11 is 0. The lowest BCUT2D eigenvalue weighted by Gasteiger charge is -2.15. The lowest BCUT2D eigenvalue weighted by atomic mass is 10.1. The van der Waals surface area contributed by atoms with Gasteiger partial charge >= 0.3 is 5.97 Å². The van der Waals surface area contributed by atoms with Gasteiger partial charge in [-0.3, -0.25) is 14.4 Å². The maximum Gasteiger partial charge on any atom is 0.308 e. The van der Waals surface area contributed by atoms with E-state index in [9.17, 15) is 14.4 Å². The van der Waals surface area contributed by atoms with E-state index in [4.69, 9.17) is 4.74 Å². The number of nitrogens with zero attached hydrogens (tertiary/aromatic N) is 3. The fraction of sp³-hybridized carbons (Fsp3) is 0.318. The molecule has 8 nitrogen and oxygen atoms in total. The van der Waals surface area contributed by atoms with Crippen LogP contribution < -0.4 is 10.9 Å². The molecule has 0 saturated carbocycles. The molecule has 0 aliphatic rings. The third-order valence-electron chi connectivity index (χ3n) is 4.79. The normalized spacial score (nSPS) is 11.8. The minimum Gasteiger partial charge on any atom is -0.456 e. The summed E-state index contributed by atoms with van der Waals surface area (Å²) < 4.78 is 6.13. The highest BCUT2D eigenvalue weighted by atomic mass is 16.5. The molecule has 1 amide bonds. The third-order valence-corrected chi connectivity index (χ3v) is 4.79. The van der Waals surface area contributed by atoms with E-state index in [1.165, 1.54) is 5.56 Å². The van der Waals surface area contributed by atoms with Crippen LogP contribution in [-0.2, 0) is 27.3 Å². The zero-order valence-corrected chi connectivity index (χ0v) is 17.0. The summed E-state index contributed by atoms with van der Waals surface area (Å²) in [6.07, 6.45) is 0.863. The molecule has 1 heterocycles. The fourth-order valence-electron chi connectivity index (χ4n) is 2.99. The second kappa shape index (κ2) is 9.78. The molecule has 0 saturated heterocycles. The standard InChI is InChI=1S/C22H24N4O4/c1-3-16-8-10-17(11-9-16)15(2)23-20(27)14-30-21(28)12-13-26-22(29)18-6-4-5-7-19(18)24-25-26/h4-11,15H,3,12-14H2,1-2H3,(H,23,27). The summed E-state index contributed by atoms with van der Waals surface area (Å²) in [6, 6.07) is 14.6. The van der Waals surface area contributed by atoms with Gasteiger partial charge in [0.25, 0.3) is 11.5 Å². The molecule has 0 fully saturated rings. The predicted molar refractivity (Wildman–Crippen MR) is 112 cm³/mol. The van der Waals surface area contributed by atoms with E-state index in [2.05, 4.69) is 22.6 Å². The van der Waals surface area contributed by atoms with Crippen molar-refractivity contribution in [2.24, 2.45) is 0 Å². The predicted octanol–water partition coefficient (Wildman–Crippen LogP) is 2.16. The molecule has 30 heavy (non-hydrogen) atoms. The Morgan fingerprint density at radius 2 is 1.87 bits per heavy atom. The number of fused-ring (bicyclic) bond motifs is 1. The van der Waals surface area contributed by atoms with E-state index in [1.807, 2.05) is 31.2 Å². The molecule has 0 bridgehead atoms. The number of nitrogens with one attached hydrogen (secondary N) is 1. The van der Waals surface area contributed by atoms with Crippen LogP contribution in [0.2, 0.25) is 0 Å². The first kappa shape index (κ1) is 21.2. The van der Waals surface area contributed by atoms with Crippen molar-refractivity contribution in [1.82, 2.24) is 20.3 Å². The highest BCUT2D eigenvalue weighted by Crippen LogP contribution is 2.13. The molecule has 3 aromatic rings. The molecule has 8 heteroatoms. The van der Waals surface area contributed by atoms with Crippen molar-refractivity contribution >= 4 is 22.8 Å². The molecule has 156 valence electrons. The van der Waals surface area contributed by atoms with Crippen molar-refractivity contribution in [3.05, 3.63) is 70.0 Å². The largest absolute Gasteiger partial charge is 0.456 e. The van der Waals surface area contributed by atoms with Crippen LogP contribution in [0.25, 0.3) is 10.9 Å². The van der Waals surface area contributed by atoms with E-state index in [0.717, 1.165) is 16.7 Å². The van der Waals surface area contributed by atoms with Gasteiger partial charge in [-0.2, -0.15) is 0 Å². The van der Waals surface area contributed by atoms with Gasteiger partial charge in [-0.1, -0.05) is 48.5 Å². The monoisotopic (exact) mass is 408 g/mol. The number of aryl methyl sites for hydroxylation is 2. The Labute approximate surface area is 173 Å². The van der Waals surface area contributed by atoms with Gasteiger partial charge in [0, 0.05) is 0 Å². The summed E-state index contributed by atoms with van der Waals surface area (Å²) in [5.41, 5.74) is 2.37. The van der Waals surface area contributed by atoms with Crippen LogP contribution in [0.15, 0.2) is 53.3 Å². The molecule has 1 aromatic heterocycles. The molecular weight excluding hydrogens is 384 g/mol. The quantitative estimate of drug-likeness (QED) is 0.573. The molecule has 0 spiro atoms. The molecule has 2 aromatic carbocycles. The number of rotatable bonds is 8. The van der Waals surface area contributed by atoms with Gasteiger partial charge in [-0.25, -0.2) is 4.68 Å². The van der Waals surface area contributed by atoms with E-state index in [1.54, 1.807) is 24.3 Å². The van der Waals surface area contributed by atoms with Crippen LogP contribution in [0.3, 0.4) is 0 Å². The Balaban J connectivity index is 1.46. The number of carbonyl (C=O) groups excluding carboxylic acids is 2. The number of carbonyl (C=O) groups is 2. The van der Waals surface area contributed by atoms with Gasteiger partial charge in [-0.05, 0) is 36.6 Å². The minimum atomic E-state index is -0.591. The van der Waals surface area contributed by atoms with Crippen LogP contribution in [-0.4, -0.2) is 33.5 Å². The number of amides is 1. The van der Waals surface area contributed by atoms with Crippen molar-refractivity contribution in [1.29, 1.82) is 0 Å². The first-order valence-corrected chi connectivity index (χ1v) is 9.84. The summed E-state index contributed by atoms with van der Waals surface area (Å²) in [5.74, 6) is -0.981. The highest BCUT2D eigenvalue weighted by Gasteiger charge is 2.13. The van der Waals surface area contributed by atoms with E-state index in [-0.39, 0.29) is 31.2 Å². The number of esters is 1. The lowest BCUT2D eigenvalue weighted by molar-refractivity contribution is -0.149. The van der Waals surface area contributed by atoms with Crippen molar-refractivity contribution in [2.45, 2.75) is 39.3 Å². The first-order valence-electron chi connectivity index (χ1n) is 9.84. The van der Waals surface area contributed by atoms with Crippen molar-refractivity contribution < 1.29 is 14.3 Å². The zero-order valence-electron chi connectivity index (χ0n) is 17.0. The Bertz CT molecular complexity index is 1090. The average molecular weight is 408 g/mol. The van der Waals surface area contributed by atoms with Gasteiger partial charge in [-0.15, -0.1) is 5.10 Å². The number of hydrogen-bond acceptors (Lipinski definition) is 6. The first-order chi connectivity index (χ1) is 14.5. The summed E-state index contributed by atoms with van der Waals surface area (Å²) in [5, 5.41) is 11.0. The minimum absolute atomic E-state index is 0.0251. The SMILES string of the molecule is CCc1ccc(C(C)NC(=O)COC(=O)CCn2nnc3ccccc3c2=O)cc1. The zero-order chi connectivity index (χ0) is 21.5. The van der Waals surface area contributed by atoms with E-state index < -0.39 is 11.9 Å². The summed E-state index contributed by atoms with van der Waals surface area (Å²) in [4.78, 5) is 36.4. The Morgan fingerprint density at radius 3 is 2.60 bits per heavy atom. The van der Waals surface area contributed by atoms with E-state index >= 15 is 0 Å². The Hall–Kier alpha value is -3.55. The highest BCUT2D eigenvalue weighted by molar-refractivity contribution is 5.81. The van der Waals surface area contributed by atoms with Gasteiger partial charge in [0.2, 0.25) is 0 Å². The number of aromatic nitrogens is 3. The van der Waals surface area contributed by atoms with Crippen LogP contribution in [0, 0.1) is 0 Å². The fourth-order valence-corrected chi connectivity index (χ4v) is 2.99. The molecule has 1 unspecified atom stereocenters. The number of hydrogen-bond donors (Lipinski definition) is 1. The number of ether oxygens (including phenoxy) is 1. The summed E-state index contributed by atoms with van der Waals surface area (Å²) in [6.45, 7) is 3.59. The molecule has 0 aliphatic carbocycles. The lowest BCUT2D eigenvalue weighted by Crippen LogP contribution is -2.31. The Morgan fingerprint density at radius 1 is 1.13 bits per heavy atom. The van der Waals surface area contributed by atoms with Crippen LogP contribution in [0.4, 0.5) is 0 Å². The maximum atomic E-state index is 12.3. The molecule has 3 rings (SSSR count). The topological polar surface area (TPSA) is 103 Å². The molecule has 1 atom stereocenters. The smallest absolute Gasteiger partial charge is 0.308 e. The molecule has 1 N–H and O–H groups in total. The van der Waals surface area contributed by atoms with Crippen molar-refractivity contribution in [2.75, 3.05) is 6.61 Å². The van der Waals surface area contributed by atoms with Gasteiger partial charge in [0.05, 0.1) is 24.4 Å². The van der Waals surface area contributed by atoms with Crippen LogP contribution >= 0.6 is 0 Å². The molecule has 0 aliphatic heterocycles.